The predicted molar refractivity (Wildman–Crippen MR) is 123 cm³/mol. The Kier molecular flexibility index (Phi) is 5.39. The molecule has 11 heteroatoms. The van der Waals surface area contributed by atoms with Crippen molar-refractivity contribution >= 4 is 57.8 Å². The average molecular weight is 488 g/mol. The van der Waals surface area contributed by atoms with Crippen LogP contribution in [-0.4, -0.2) is 34.6 Å². The lowest BCUT2D eigenvalue weighted by Gasteiger charge is -2.29. The lowest BCUT2D eigenvalue weighted by Crippen LogP contribution is -2.32. The van der Waals surface area contributed by atoms with Gasteiger partial charge in [0.25, 0.3) is 0 Å². The maximum Gasteiger partial charge on any atom is 0.308 e. The number of carbonyl (C=O) groups is 3. The number of hydrogen-bond donors (Lipinski definition) is 2. The Labute approximate surface area is 194 Å². The minimum absolute atomic E-state index is 0.187. The zero-order chi connectivity index (χ0) is 22.4. The maximum atomic E-state index is 12.9. The van der Waals surface area contributed by atoms with Gasteiger partial charge >= 0.3 is 4.87 Å². The lowest BCUT2D eigenvalue weighted by atomic mass is 9.87. The van der Waals surface area contributed by atoms with E-state index in [-0.39, 0.29) is 35.1 Å². The van der Waals surface area contributed by atoms with Gasteiger partial charge in [0.2, 0.25) is 17.7 Å². The minimum atomic E-state index is -0.632. The van der Waals surface area contributed by atoms with E-state index in [0.29, 0.717) is 16.5 Å². The smallest absolute Gasteiger partial charge is 0.308 e. The van der Waals surface area contributed by atoms with Gasteiger partial charge in [-0.2, -0.15) is 0 Å². The molecule has 2 aliphatic heterocycles. The SMILES string of the molecule is COc1ccc(NC(=O)Cn2c3c(sc2=O)C(c2cccs2)C2C(=O)NC(=O)C2S3)cc1. The number of hydrogen-bond acceptors (Lipinski definition) is 8. The van der Waals surface area contributed by atoms with Crippen LogP contribution in [0.1, 0.15) is 15.7 Å². The van der Waals surface area contributed by atoms with Gasteiger partial charge in [0.05, 0.1) is 18.1 Å². The van der Waals surface area contributed by atoms with Crippen LogP contribution in [0.25, 0.3) is 0 Å². The molecule has 0 bridgehead atoms. The third-order valence-corrected chi connectivity index (χ3v) is 8.98. The summed E-state index contributed by atoms with van der Waals surface area (Å²) < 4.78 is 6.51. The van der Waals surface area contributed by atoms with Crippen molar-refractivity contribution in [3.05, 3.63) is 61.2 Å². The number of anilines is 1. The van der Waals surface area contributed by atoms with Gasteiger partial charge in [-0.05, 0) is 35.7 Å². The molecule has 2 N–H and O–H groups in total. The molecular weight excluding hydrogens is 470 g/mol. The number of carbonyl (C=O) groups excluding carboxylic acids is 3. The first kappa shape index (κ1) is 21.0. The van der Waals surface area contributed by atoms with E-state index >= 15 is 0 Å². The number of nitrogens with zero attached hydrogens (tertiary/aromatic N) is 1. The molecule has 0 aliphatic carbocycles. The fourth-order valence-corrected chi connectivity index (χ4v) is 7.66. The molecule has 1 aromatic carbocycles. The van der Waals surface area contributed by atoms with E-state index in [1.807, 2.05) is 17.5 Å². The molecule has 3 aromatic rings. The first-order chi connectivity index (χ1) is 15.5. The van der Waals surface area contributed by atoms with Gasteiger partial charge in [0.1, 0.15) is 17.5 Å². The number of imide groups is 1. The van der Waals surface area contributed by atoms with Gasteiger partial charge in [0, 0.05) is 21.4 Å². The van der Waals surface area contributed by atoms with Gasteiger partial charge in [0.15, 0.2) is 0 Å². The van der Waals surface area contributed by atoms with E-state index in [9.17, 15) is 19.2 Å². The Bertz CT molecular complexity index is 1260. The van der Waals surface area contributed by atoms with E-state index in [1.165, 1.54) is 27.7 Å². The number of thiazole rings is 1. The quantitative estimate of drug-likeness (QED) is 0.536. The Hall–Kier alpha value is -2.89. The largest absolute Gasteiger partial charge is 0.497 e. The highest BCUT2D eigenvalue weighted by Crippen LogP contribution is 2.52. The minimum Gasteiger partial charge on any atom is -0.497 e. The average Bonchev–Trinajstić information content (AvgIpc) is 3.48. The van der Waals surface area contributed by atoms with Crippen LogP contribution >= 0.6 is 34.4 Å². The third kappa shape index (κ3) is 3.55. The number of fused-ring (bicyclic) bond motifs is 2. The molecule has 5 rings (SSSR count). The summed E-state index contributed by atoms with van der Waals surface area (Å²) in [6, 6.07) is 10.7. The highest BCUT2D eigenvalue weighted by Gasteiger charge is 2.53. The fourth-order valence-electron chi connectivity index (χ4n) is 3.97. The number of amides is 3. The topological polar surface area (TPSA) is 106 Å². The van der Waals surface area contributed by atoms with Crippen molar-refractivity contribution in [3.8, 4) is 5.75 Å². The van der Waals surface area contributed by atoms with E-state index in [4.69, 9.17) is 4.74 Å². The maximum absolute atomic E-state index is 12.9. The summed E-state index contributed by atoms with van der Waals surface area (Å²) in [5.74, 6) is -1.32. The number of aromatic nitrogens is 1. The standard InChI is InChI=1S/C21H17N3O5S3/c1-29-11-6-4-10(5-7-11)22-13(25)9-24-20-17(32-21(24)28)14(12-3-2-8-30-12)15-16(31-20)19(27)23-18(15)26/h2-8,14-16H,9H2,1H3,(H,22,25)(H,23,26,27). The number of benzene rings is 1. The molecular formula is C21H17N3O5S3. The number of thiophene rings is 1. The first-order valence-corrected chi connectivity index (χ1v) is 12.3. The van der Waals surface area contributed by atoms with Crippen LogP contribution in [0.5, 0.6) is 5.75 Å². The molecule has 1 saturated heterocycles. The summed E-state index contributed by atoms with van der Waals surface area (Å²) in [7, 11) is 1.56. The molecule has 2 aliphatic rings. The van der Waals surface area contributed by atoms with Crippen molar-refractivity contribution in [2.24, 2.45) is 5.92 Å². The van der Waals surface area contributed by atoms with Crippen molar-refractivity contribution in [1.82, 2.24) is 9.88 Å². The molecule has 3 amide bonds. The summed E-state index contributed by atoms with van der Waals surface area (Å²) in [4.78, 5) is 51.9. The number of rotatable bonds is 5. The normalized spacial score (nSPS) is 21.6. The summed E-state index contributed by atoms with van der Waals surface area (Å²) in [6.07, 6.45) is 0. The van der Waals surface area contributed by atoms with Crippen molar-refractivity contribution < 1.29 is 19.1 Å². The van der Waals surface area contributed by atoms with Crippen LogP contribution in [0.2, 0.25) is 0 Å². The fraction of sp³-hybridized carbons (Fsp3) is 0.238. The molecule has 4 heterocycles. The van der Waals surface area contributed by atoms with Crippen LogP contribution in [0.3, 0.4) is 0 Å². The molecule has 3 atom stereocenters. The first-order valence-electron chi connectivity index (χ1n) is 9.68. The van der Waals surface area contributed by atoms with E-state index in [1.54, 1.807) is 31.4 Å². The highest BCUT2D eigenvalue weighted by atomic mass is 32.2. The molecule has 0 spiro atoms. The molecule has 8 nitrogen and oxygen atoms in total. The molecule has 0 saturated carbocycles. The van der Waals surface area contributed by atoms with Gasteiger partial charge in [-0.15, -0.1) is 11.3 Å². The van der Waals surface area contributed by atoms with Gasteiger partial charge in [-0.3, -0.25) is 29.1 Å². The second-order valence-corrected chi connectivity index (χ2v) is 10.4. The van der Waals surface area contributed by atoms with Crippen LogP contribution < -0.4 is 20.2 Å². The van der Waals surface area contributed by atoms with E-state index in [0.717, 1.165) is 21.1 Å². The monoisotopic (exact) mass is 487 g/mol. The summed E-state index contributed by atoms with van der Waals surface area (Å²) in [6.45, 7) is -0.187. The summed E-state index contributed by atoms with van der Waals surface area (Å²) in [5.41, 5.74) is 0.581. The molecule has 32 heavy (non-hydrogen) atoms. The van der Waals surface area contributed by atoms with Crippen molar-refractivity contribution in [3.63, 3.8) is 0 Å². The lowest BCUT2D eigenvalue weighted by molar-refractivity contribution is -0.126. The Balaban J connectivity index is 1.47. The van der Waals surface area contributed by atoms with E-state index < -0.39 is 11.2 Å². The molecule has 2 aromatic heterocycles. The Morgan fingerprint density at radius 2 is 1.94 bits per heavy atom. The highest BCUT2D eigenvalue weighted by molar-refractivity contribution is 8.00. The van der Waals surface area contributed by atoms with Crippen molar-refractivity contribution in [2.75, 3.05) is 12.4 Å². The van der Waals surface area contributed by atoms with Crippen LogP contribution in [0, 0.1) is 5.92 Å². The van der Waals surface area contributed by atoms with Crippen molar-refractivity contribution in [2.45, 2.75) is 22.7 Å². The van der Waals surface area contributed by atoms with Gasteiger partial charge in [-0.1, -0.05) is 29.2 Å². The second kappa shape index (κ2) is 8.23. The third-order valence-electron chi connectivity index (χ3n) is 5.41. The van der Waals surface area contributed by atoms with Crippen LogP contribution in [-0.2, 0) is 20.9 Å². The van der Waals surface area contributed by atoms with Crippen LogP contribution in [0.4, 0.5) is 5.69 Å². The number of ether oxygens (including phenoxy) is 1. The van der Waals surface area contributed by atoms with Crippen LogP contribution in [0.15, 0.2) is 51.6 Å². The van der Waals surface area contributed by atoms with E-state index in [2.05, 4.69) is 10.6 Å². The molecule has 1 fully saturated rings. The zero-order valence-electron chi connectivity index (χ0n) is 16.7. The van der Waals surface area contributed by atoms with Gasteiger partial charge in [-0.25, -0.2) is 0 Å². The second-order valence-electron chi connectivity index (χ2n) is 7.31. The number of nitrogens with one attached hydrogen (secondary N) is 2. The Morgan fingerprint density at radius 3 is 2.62 bits per heavy atom. The number of methoxy groups -OCH3 is 1. The number of thioether (sulfide) groups is 1. The predicted octanol–water partition coefficient (Wildman–Crippen LogP) is 2.50. The molecule has 164 valence electrons. The van der Waals surface area contributed by atoms with Crippen molar-refractivity contribution in [1.29, 1.82) is 0 Å². The summed E-state index contributed by atoms with van der Waals surface area (Å²) in [5, 5.41) is 7.05. The van der Waals surface area contributed by atoms with Gasteiger partial charge < -0.3 is 10.1 Å². The molecule has 3 unspecified atom stereocenters. The Morgan fingerprint density at radius 1 is 1.16 bits per heavy atom. The molecule has 0 radical (unpaired) electrons. The zero-order valence-corrected chi connectivity index (χ0v) is 19.1. The summed E-state index contributed by atoms with van der Waals surface area (Å²) >= 11 is 3.71.